The molecule has 3 aromatic rings. The van der Waals surface area contributed by atoms with Crippen LogP contribution in [0, 0.1) is 0 Å². The molecule has 154 valence electrons. The van der Waals surface area contributed by atoms with Crippen LogP contribution in [0.15, 0.2) is 30.9 Å². The van der Waals surface area contributed by atoms with Gasteiger partial charge in [-0.1, -0.05) is 0 Å². The van der Waals surface area contributed by atoms with Crippen molar-refractivity contribution in [1.82, 2.24) is 29.0 Å². The van der Waals surface area contributed by atoms with Gasteiger partial charge in [-0.2, -0.15) is 0 Å². The van der Waals surface area contributed by atoms with Gasteiger partial charge in [0.2, 0.25) is 5.91 Å². The summed E-state index contributed by atoms with van der Waals surface area (Å²) in [5, 5.41) is 0. The number of rotatable bonds is 7. The molecular weight excluding hydrogens is 368 g/mol. The number of amides is 1. The molecule has 8 heteroatoms. The minimum Gasteiger partial charge on any atom is -0.383 e. The van der Waals surface area contributed by atoms with Gasteiger partial charge in [-0.15, -0.1) is 0 Å². The van der Waals surface area contributed by atoms with E-state index in [2.05, 4.69) is 26.0 Å². The van der Waals surface area contributed by atoms with Gasteiger partial charge in [0.25, 0.3) is 0 Å². The summed E-state index contributed by atoms with van der Waals surface area (Å²) in [6.45, 7) is 5.07. The normalized spacial score (nSPS) is 15.3. The molecular formula is C21H28N6O2. The molecule has 0 aliphatic carbocycles. The Morgan fingerprint density at radius 2 is 2.24 bits per heavy atom. The molecule has 1 atom stereocenters. The lowest BCUT2D eigenvalue weighted by atomic mass is 10.2. The second-order valence-corrected chi connectivity index (χ2v) is 7.65. The molecule has 1 aliphatic heterocycles. The summed E-state index contributed by atoms with van der Waals surface area (Å²) in [7, 11) is 1.70. The first kappa shape index (κ1) is 19.6. The fraction of sp³-hybridized carbons (Fsp3) is 0.524. The number of pyridine rings is 1. The minimum absolute atomic E-state index is 0.136. The minimum atomic E-state index is 0.136. The number of methoxy groups -OCH3 is 1. The van der Waals surface area contributed by atoms with Gasteiger partial charge >= 0.3 is 0 Å². The third-order valence-electron chi connectivity index (χ3n) is 5.49. The summed E-state index contributed by atoms with van der Waals surface area (Å²) in [6, 6.07) is 4.02. The van der Waals surface area contributed by atoms with E-state index in [0.29, 0.717) is 19.6 Å². The van der Waals surface area contributed by atoms with E-state index in [1.165, 1.54) is 0 Å². The van der Waals surface area contributed by atoms with Gasteiger partial charge in [0.1, 0.15) is 11.3 Å². The van der Waals surface area contributed by atoms with Crippen LogP contribution in [-0.2, 0) is 29.0 Å². The molecule has 0 fully saturated rings. The molecule has 0 N–H and O–H groups in total. The number of ether oxygens (including phenoxy) is 1. The number of imidazole rings is 2. The maximum atomic E-state index is 12.8. The zero-order valence-corrected chi connectivity index (χ0v) is 17.1. The maximum Gasteiger partial charge on any atom is 0.222 e. The largest absolute Gasteiger partial charge is 0.383 e. The van der Waals surface area contributed by atoms with E-state index in [1.54, 1.807) is 13.3 Å². The van der Waals surface area contributed by atoms with E-state index in [9.17, 15) is 4.79 Å². The van der Waals surface area contributed by atoms with Crippen LogP contribution in [0.4, 0.5) is 0 Å². The molecule has 0 saturated carbocycles. The molecule has 1 aliphatic rings. The Morgan fingerprint density at radius 1 is 1.34 bits per heavy atom. The second kappa shape index (κ2) is 8.73. The van der Waals surface area contributed by atoms with E-state index < -0.39 is 0 Å². The summed E-state index contributed by atoms with van der Waals surface area (Å²) >= 11 is 0. The van der Waals surface area contributed by atoms with Crippen molar-refractivity contribution in [1.29, 1.82) is 0 Å². The highest BCUT2D eigenvalue weighted by atomic mass is 16.5. The van der Waals surface area contributed by atoms with Crippen LogP contribution in [0.25, 0.3) is 11.2 Å². The second-order valence-electron chi connectivity index (χ2n) is 7.65. The summed E-state index contributed by atoms with van der Waals surface area (Å²) in [4.78, 5) is 28.2. The summed E-state index contributed by atoms with van der Waals surface area (Å²) in [5.41, 5.74) is 2.87. The predicted molar refractivity (Wildman–Crippen MR) is 109 cm³/mol. The lowest BCUT2D eigenvalue weighted by Crippen LogP contribution is -2.30. The van der Waals surface area contributed by atoms with Crippen LogP contribution < -0.4 is 0 Å². The Bertz CT molecular complexity index is 979. The molecule has 4 rings (SSSR count). The van der Waals surface area contributed by atoms with E-state index in [-0.39, 0.29) is 11.9 Å². The van der Waals surface area contributed by atoms with Crippen molar-refractivity contribution in [3.05, 3.63) is 42.4 Å². The zero-order chi connectivity index (χ0) is 20.2. The van der Waals surface area contributed by atoms with Crippen molar-refractivity contribution in [2.24, 2.45) is 0 Å². The van der Waals surface area contributed by atoms with Gasteiger partial charge < -0.3 is 18.8 Å². The van der Waals surface area contributed by atoms with Crippen LogP contribution in [0.2, 0.25) is 0 Å². The molecule has 0 bridgehead atoms. The lowest BCUT2D eigenvalue weighted by Gasteiger charge is -2.20. The molecule has 4 heterocycles. The highest BCUT2D eigenvalue weighted by Crippen LogP contribution is 2.21. The Kier molecular flexibility index (Phi) is 5.89. The van der Waals surface area contributed by atoms with Crippen molar-refractivity contribution >= 4 is 17.1 Å². The molecule has 8 nitrogen and oxygen atoms in total. The Morgan fingerprint density at radius 3 is 3.10 bits per heavy atom. The van der Waals surface area contributed by atoms with E-state index in [4.69, 9.17) is 9.72 Å². The van der Waals surface area contributed by atoms with Crippen LogP contribution in [0.5, 0.6) is 0 Å². The molecule has 3 aromatic heterocycles. The fourth-order valence-corrected chi connectivity index (χ4v) is 4.09. The van der Waals surface area contributed by atoms with Gasteiger partial charge in [0.15, 0.2) is 5.65 Å². The van der Waals surface area contributed by atoms with Crippen molar-refractivity contribution in [2.75, 3.05) is 20.3 Å². The Hall–Kier alpha value is -2.74. The van der Waals surface area contributed by atoms with E-state index in [1.807, 2.05) is 29.6 Å². The molecule has 1 amide bonds. The molecule has 1 unspecified atom stereocenters. The molecule has 0 spiro atoms. The summed E-state index contributed by atoms with van der Waals surface area (Å²) in [6.07, 6.45) is 8.48. The van der Waals surface area contributed by atoms with Gasteiger partial charge in [0.05, 0.1) is 31.2 Å². The predicted octanol–water partition coefficient (Wildman–Crippen LogP) is 2.59. The summed E-state index contributed by atoms with van der Waals surface area (Å²) < 4.78 is 9.63. The molecule has 0 saturated heterocycles. The van der Waals surface area contributed by atoms with Crippen LogP contribution in [-0.4, -0.2) is 55.2 Å². The third-order valence-corrected chi connectivity index (χ3v) is 5.49. The average Bonchev–Trinajstić information content (AvgIpc) is 3.25. The number of carbonyl (C=O) groups is 1. The van der Waals surface area contributed by atoms with Crippen molar-refractivity contribution in [3.63, 3.8) is 0 Å². The number of nitrogens with zero attached hydrogens (tertiary/aromatic N) is 6. The smallest absolute Gasteiger partial charge is 0.222 e. The lowest BCUT2D eigenvalue weighted by molar-refractivity contribution is -0.131. The number of carbonyl (C=O) groups excluding carboxylic acids is 1. The highest BCUT2D eigenvalue weighted by Gasteiger charge is 2.20. The Labute approximate surface area is 170 Å². The number of aryl methyl sites for hydroxylation is 2. The first-order valence-corrected chi connectivity index (χ1v) is 10.2. The fourth-order valence-electron chi connectivity index (χ4n) is 4.09. The highest BCUT2D eigenvalue weighted by molar-refractivity contribution is 5.76. The van der Waals surface area contributed by atoms with E-state index in [0.717, 1.165) is 55.0 Å². The maximum absolute atomic E-state index is 12.8. The first-order chi connectivity index (χ1) is 14.2. The topological polar surface area (TPSA) is 78.1 Å². The number of hydrogen-bond donors (Lipinski definition) is 0. The Balaban J connectivity index is 1.42. The monoisotopic (exact) mass is 396 g/mol. The van der Waals surface area contributed by atoms with Gasteiger partial charge in [0, 0.05) is 45.4 Å². The van der Waals surface area contributed by atoms with Gasteiger partial charge in [-0.05, 0) is 31.9 Å². The SMILES string of the molecule is COCC(C)n1c(CCCC(=O)N2CCCn3cncc3C2)nc2cccnc21. The van der Waals surface area contributed by atoms with Gasteiger partial charge in [-0.3, -0.25) is 4.79 Å². The van der Waals surface area contributed by atoms with Crippen molar-refractivity contribution < 1.29 is 9.53 Å². The molecule has 0 aromatic carbocycles. The third kappa shape index (κ3) is 4.17. The number of fused-ring (bicyclic) bond motifs is 2. The van der Waals surface area contributed by atoms with Crippen molar-refractivity contribution in [2.45, 2.75) is 51.7 Å². The van der Waals surface area contributed by atoms with Crippen molar-refractivity contribution in [3.8, 4) is 0 Å². The summed E-state index contributed by atoms with van der Waals surface area (Å²) in [5.74, 6) is 1.16. The quantitative estimate of drug-likeness (QED) is 0.613. The van der Waals surface area contributed by atoms with Crippen LogP contribution in [0.3, 0.4) is 0 Å². The number of aromatic nitrogens is 5. The zero-order valence-electron chi connectivity index (χ0n) is 17.1. The number of hydrogen-bond acceptors (Lipinski definition) is 5. The molecule has 0 radical (unpaired) electrons. The first-order valence-electron chi connectivity index (χ1n) is 10.2. The van der Waals surface area contributed by atoms with Crippen LogP contribution >= 0.6 is 0 Å². The van der Waals surface area contributed by atoms with Gasteiger partial charge in [-0.25, -0.2) is 15.0 Å². The standard InChI is InChI=1S/C21H28N6O2/c1-16(14-29-2)27-19(24-18-6-4-9-23-21(18)27)7-3-8-20(28)25-10-5-11-26-15-22-12-17(26)13-25/h4,6,9,12,15-16H,3,5,7-8,10-11,13-14H2,1-2H3. The average molecular weight is 396 g/mol. The van der Waals surface area contributed by atoms with Crippen LogP contribution in [0.1, 0.15) is 43.7 Å². The van der Waals surface area contributed by atoms with E-state index >= 15 is 0 Å². The molecule has 29 heavy (non-hydrogen) atoms.